The number of unbranched alkanes of at least 4 members (excludes halogenated alkanes) is 1. The lowest BCUT2D eigenvalue weighted by Crippen LogP contribution is -2.32. The minimum atomic E-state index is -0.269. The van der Waals surface area contributed by atoms with Crippen LogP contribution in [0.2, 0.25) is 0 Å². The molecule has 1 atom stereocenters. The molecule has 0 fully saturated rings. The number of hydrogen-bond acceptors (Lipinski definition) is 3. The molecule has 0 heterocycles. The monoisotopic (exact) mass is 251 g/mol. The van der Waals surface area contributed by atoms with Gasteiger partial charge in [-0.1, -0.05) is 25.8 Å². The van der Waals surface area contributed by atoms with Crippen LogP contribution < -0.4 is 10.1 Å². The Balaban J connectivity index is 2.72. The van der Waals surface area contributed by atoms with Gasteiger partial charge >= 0.3 is 0 Å². The van der Waals surface area contributed by atoms with Gasteiger partial charge in [0.25, 0.3) is 5.91 Å². The highest BCUT2D eigenvalue weighted by atomic mass is 16.5. The van der Waals surface area contributed by atoms with E-state index in [0.29, 0.717) is 5.75 Å². The summed E-state index contributed by atoms with van der Waals surface area (Å²) < 4.78 is 4.98. The smallest absolute Gasteiger partial charge is 0.255 e. The van der Waals surface area contributed by atoms with E-state index in [9.17, 15) is 9.90 Å². The van der Waals surface area contributed by atoms with Gasteiger partial charge in [-0.25, -0.2) is 0 Å². The maximum Gasteiger partial charge on any atom is 0.255 e. The van der Waals surface area contributed by atoms with Crippen molar-refractivity contribution in [3.05, 3.63) is 23.8 Å². The number of ether oxygens (including phenoxy) is 1. The number of phenols is 1. The number of nitrogens with one attached hydrogen (secondary N) is 1. The van der Waals surface area contributed by atoms with Gasteiger partial charge in [-0.3, -0.25) is 4.79 Å². The lowest BCUT2D eigenvalue weighted by atomic mass is 10.1. The Bertz CT molecular complexity index is 404. The van der Waals surface area contributed by atoms with E-state index in [1.807, 2.05) is 6.92 Å². The summed E-state index contributed by atoms with van der Waals surface area (Å²) >= 11 is 0. The number of amides is 1. The van der Waals surface area contributed by atoms with Gasteiger partial charge in [-0.05, 0) is 25.5 Å². The number of rotatable bonds is 6. The number of hydrogen-bond donors (Lipinski definition) is 2. The van der Waals surface area contributed by atoms with Crippen LogP contribution in [0.5, 0.6) is 11.5 Å². The molecule has 4 nitrogen and oxygen atoms in total. The Morgan fingerprint density at radius 3 is 2.83 bits per heavy atom. The molecular formula is C14H21NO3. The second-order valence-corrected chi connectivity index (χ2v) is 4.37. The lowest BCUT2D eigenvalue weighted by Gasteiger charge is -2.14. The fourth-order valence-corrected chi connectivity index (χ4v) is 1.75. The van der Waals surface area contributed by atoms with Crippen molar-refractivity contribution in [2.24, 2.45) is 0 Å². The Labute approximate surface area is 108 Å². The van der Waals surface area contributed by atoms with Gasteiger partial charge in [-0.2, -0.15) is 0 Å². The first-order valence-electron chi connectivity index (χ1n) is 6.27. The predicted molar refractivity (Wildman–Crippen MR) is 71.1 cm³/mol. The molecule has 0 aromatic heterocycles. The van der Waals surface area contributed by atoms with E-state index < -0.39 is 0 Å². The molecule has 1 unspecified atom stereocenters. The number of carbonyl (C=O) groups excluding carboxylic acids is 1. The number of phenolic OH excluding ortho intramolecular Hbond substituents is 1. The SMILES string of the molecule is CCCCC(C)NC(=O)c1cccc(OC)c1O. The highest BCUT2D eigenvalue weighted by Gasteiger charge is 2.16. The average Bonchev–Trinajstić information content (AvgIpc) is 2.36. The van der Waals surface area contributed by atoms with Gasteiger partial charge in [0.2, 0.25) is 0 Å². The standard InChI is InChI=1S/C14H21NO3/c1-4-5-7-10(2)15-14(17)11-8-6-9-12(18-3)13(11)16/h6,8-10,16H,4-5,7H2,1-3H3,(H,15,17). The molecule has 1 aromatic rings. The Kier molecular flexibility index (Phi) is 5.49. The quantitative estimate of drug-likeness (QED) is 0.817. The highest BCUT2D eigenvalue weighted by Crippen LogP contribution is 2.29. The lowest BCUT2D eigenvalue weighted by molar-refractivity contribution is 0.0934. The second-order valence-electron chi connectivity index (χ2n) is 4.37. The molecule has 18 heavy (non-hydrogen) atoms. The van der Waals surface area contributed by atoms with Gasteiger partial charge in [-0.15, -0.1) is 0 Å². The van der Waals surface area contributed by atoms with E-state index in [2.05, 4.69) is 12.2 Å². The van der Waals surface area contributed by atoms with Crippen molar-refractivity contribution >= 4 is 5.91 Å². The summed E-state index contributed by atoms with van der Waals surface area (Å²) in [6.45, 7) is 4.08. The molecular weight excluding hydrogens is 230 g/mol. The number of benzene rings is 1. The van der Waals surface area contributed by atoms with Crippen LogP contribution in [-0.2, 0) is 0 Å². The number of carbonyl (C=O) groups is 1. The van der Waals surface area contributed by atoms with Crippen LogP contribution in [0.4, 0.5) is 0 Å². The van der Waals surface area contributed by atoms with Crippen LogP contribution in [0.1, 0.15) is 43.5 Å². The van der Waals surface area contributed by atoms with Gasteiger partial charge < -0.3 is 15.2 Å². The molecule has 0 spiro atoms. The molecule has 1 amide bonds. The molecule has 2 N–H and O–H groups in total. The topological polar surface area (TPSA) is 58.6 Å². The summed E-state index contributed by atoms with van der Waals surface area (Å²) in [5, 5.41) is 12.7. The van der Waals surface area contributed by atoms with Gasteiger partial charge in [0.05, 0.1) is 12.7 Å². The summed E-state index contributed by atoms with van der Waals surface area (Å²) in [7, 11) is 1.46. The zero-order chi connectivity index (χ0) is 13.5. The first kappa shape index (κ1) is 14.4. The maximum absolute atomic E-state index is 12.0. The van der Waals surface area contributed by atoms with Crippen molar-refractivity contribution in [1.29, 1.82) is 0 Å². The van der Waals surface area contributed by atoms with Crippen LogP contribution >= 0.6 is 0 Å². The van der Waals surface area contributed by atoms with Gasteiger partial charge in [0.1, 0.15) is 0 Å². The summed E-state index contributed by atoms with van der Waals surface area (Å²) in [4.78, 5) is 12.0. The second kappa shape index (κ2) is 6.89. The van der Waals surface area contributed by atoms with E-state index >= 15 is 0 Å². The van der Waals surface area contributed by atoms with Crippen molar-refractivity contribution in [3.8, 4) is 11.5 Å². The van der Waals surface area contributed by atoms with Crippen LogP contribution in [0.25, 0.3) is 0 Å². The fraction of sp³-hybridized carbons (Fsp3) is 0.500. The van der Waals surface area contributed by atoms with Crippen LogP contribution in [0, 0.1) is 0 Å². The van der Waals surface area contributed by atoms with Crippen molar-refractivity contribution < 1.29 is 14.6 Å². The zero-order valence-electron chi connectivity index (χ0n) is 11.2. The third-order valence-corrected chi connectivity index (χ3v) is 2.83. The predicted octanol–water partition coefficient (Wildman–Crippen LogP) is 2.71. The molecule has 1 rings (SSSR count). The third kappa shape index (κ3) is 3.65. The van der Waals surface area contributed by atoms with Crippen molar-refractivity contribution in [2.75, 3.05) is 7.11 Å². The van der Waals surface area contributed by atoms with E-state index in [4.69, 9.17) is 4.74 Å². The number of aromatic hydroxyl groups is 1. The molecule has 0 radical (unpaired) electrons. The molecule has 0 aliphatic carbocycles. The van der Waals surface area contributed by atoms with E-state index in [-0.39, 0.29) is 23.3 Å². The fourth-order valence-electron chi connectivity index (χ4n) is 1.75. The summed E-state index contributed by atoms with van der Waals surface area (Å²) in [5.41, 5.74) is 0.248. The van der Waals surface area contributed by atoms with Crippen LogP contribution in [-0.4, -0.2) is 24.2 Å². The molecule has 0 bridgehead atoms. The number of methoxy groups -OCH3 is 1. The largest absolute Gasteiger partial charge is 0.504 e. The molecule has 100 valence electrons. The summed E-state index contributed by atoms with van der Waals surface area (Å²) in [6, 6.07) is 4.99. The van der Waals surface area contributed by atoms with E-state index in [0.717, 1.165) is 19.3 Å². The maximum atomic E-state index is 12.0. The Morgan fingerprint density at radius 2 is 2.22 bits per heavy atom. The summed E-state index contributed by atoms with van der Waals surface area (Å²) in [5.74, 6) is -0.0703. The number of para-hydroxylation sites is 1. The molecule has 0 saturated heterocycles. The molecule has 0 aliphatic heterocycles. The van der Waals surface area contributed by atoms with E-state index in [1.165, 1.54) is 7.11 Å². The minimum Gasteiger partial charge on any atom is -0.504 e. The molecule has 0 aliphatic rings. The van der Waals surface area contributed by atoms with Crippen LogP contribution in [0.3, 0.4) is 0 Å². The zero-order valence-corrected chi connectivity index (χ0v) is 11.2. The van der Waals surface area contributed by atoms with Crippen molar-refractivity contribution in [2.45, 2.75) is 39.2 Å². The Morgan fingerprint density at radius 1 is 1.50 bits per heavy atom. The first-order valence-corrected chi connectivity index (χ1v) is 6.27. The molecule has 0 saturated carbocycles. The summed E-state index contributed by atoms with van der Waals surface area (Å²) in [6.07, 6.45) is 3.11. The van der Waals surface area contributed by atoms with Crippen LogP contribution in [0.15, 0.2) is 18.2 Å². The molecule has 4 heteroatoms. The first-order chi connectivity index (χ1) is 8.60. The Hall–Kier alpha value is -1.71. The van der Waals surface area contributed by atoms with Crippen molar-refractivity contribution in [3.63, 3.8) is 0 Å². The van der Waals surface area contributed by atoms with Gasteiger partial charge in [0, 0.05) is 6.04 Å². The highest BCUT2D eigenvalue weighted by molar-refractivity contribution is 5.97. The third-order valence-electron chi connectivity index (χ3n) is 2.83. The molecule has 1 aromatic carbocycles. The normalized spacial score (nSPS) is 11.9. The van der Waals surface area contributed by atoms with Crippen molar-refractivity contribution in [1.82, 2.24) is 5.32 Å². The average molecular weight is 251 g/mol. The minimum absolute atomic E-state index is 0.100. The van der Waals surface area contributed by atoms with Gasteiger partial charge in [0.15, 0.2) is 11.5 Å². The van der Waals surface area contributed by atoms with E-state index in [1.54, 1.807) is 18.2 Å².